The summed E-state index contributed by atoms with van der Waals surface area (Å²) in [6, 6.07) is 3.62. The van der Waals surface area contributed by atoms with Gasteiger partial charge in [0.15, 0.2) is 0 Å². The van der Waals surface area contributed by atoms with Crippen molar-refractivity contribution in [3.63, 3.8) is 0 Å². The molecule has 0 aliphatic heterocycles. The number of aromatic nitrogens is 1. The van der Waals surface area contributed by atoms with Gasteiger partial charge >= 0.3 is 5.97 Å². The molecule has 0 saturated carbocycles. The van der Waals surface area contributed by atoms with Gasteiger partial charge in [0.2, 0.25) is 0 Å². The first-order valence-corrected chi connectivity index (χ1v) is 6.54. The Morgan fingerprint density at radius 3 is 2.79 bits per heavy atom. The molecule has 6 heteroatoms. The molecule has 0 aliphatic carbocycles. The molecule has 2 rings (SSSR count). The first kappa shape index (κ1) is 13.6. The monoisotopic (exact) mass is 281 g/mol. The van der Waals surface area contributed by atoms with E-state index in [1.807, 2.05) is 6.92 Å². The smallest absolute Gasteiger partial charge is 0.335 e. The van der Waals surface area contributed by atoms with Crippen LogP contribution < -0.4 is 0 Å². The fourth-order valence-electron chi connectivity index (χ4n) is 1.53. The molecule has 1 heterocycles. The summed E-state index contributed by atoms with van der Waals surface area (Å²) in [5, 5.41) is 9.49. The summed E-state index contributed by atoms with van der Waals surface area (Å²) in [4.78, 5) is 15.2. The largest absolute Gasteiger partial charge is 0.478 e. The number of carboxylic acids is 1. The quantitative estimate of drug-likeness (QED) is 0.870. The van der Waals surface area contributed by atoms with E-state index < -0.39 is 11.8 Å². The molecule has 0 fully saturated rings. The number of thioether (sulfide) groups is 1. The molecule has 0 atom stereocenters. The highest BCUT2D eigenvalue weighted by Gasteiger charge is 2.13. The Morgan fingerprint density at radius 2 is 2.21 bits per heavy atom. The predicted molar refractivity (Wildman–Crippen MR) is 68.9 cm³/mol. The van der Waals surface area contributed by atoms with E-state index in [0.29, 0.717) is 16.5 Å². The van der Waals surface area contributed by atoms with Crippen LogP contribution in [0.2, 0.25) is 0 Å². The van der Waals surface area contributed by atoms with Crippen molar-refractivity contribution in [3.8, 4) is 0 Å². The molecule has 0 bridgehead atoms. The molecule has 0 saturated heterocycles. The average molecular weight is 281 g/mol. The first-order chi connectivity index (χ1) is 8.97. The minimum absolute atomic E-state index is 0.0916. The Bertz CT molecular complexity index is 605. The van der Waals surface area contributed by atoms with Gasteiger partial charge in [0, 0.05) is 5.75 Å². The molecule has 0 radical (unpaired) electrons. The number of halogens is 1. The summed E-state index contributed by atoms with van der Waals surface area (Å²) in [5.74, 6) is -0.519. The predicted octanol–water partition coefficient (Wildman–Crippen LogP) is 3.42. The fraction of sp³-hybridized carbons (Fsp3) is 0.231. The summed E-state index contributed by atoms with van der Waals surface area (Å²) in [7, 11) is 0. The molecule has 0 aliphatic rings. The summed E-state index contributed by atoms with van der Waals surface area (Å²) >= 11 is 1.24. The third-order valence-corrected chi connectivity index (χ3v) is 3.53. The second-order valence-electron chi connectivity index (χ2n) is 4.02. The lowest BCUT2D eigenvalue weighted by molar-refractivity contribution is 0.0696. The molecule has 19 heavy (non-hydrogen) atoms. The van der Waals surface area contributed by atoms with Crippen molar-refractivity contribution in [2.75, 3.05) is 0 Å². The minimum atomic E-state index is -1.07. The lowest BCUT2D eigenvalue weighted by atomic mass is 10.1. The topological polar surface area (TPSA) is 63.3 Å². The Morgan fingerprint density at radius 1 is 1.47 bits per heavy atom. The Kier molecular flexibility index (Phi) is 3.90. The maximum Gasteiger partial charge on any atom is 0.335 e. The first-order valence-electron chi connectivity index (χ1n) is 5.56. The van der Waals surface area contributed by atoms with Gasteiger partial charge in [-0.25, -0.2) is 14.2 Å². The Labute approximate surface area is 113 Å². The average Bonchev–Trinajstić information content (AvgIpc) is 2.66. The third kappa shape index (κ3) is 3.14. The van der Waals surface area contributed by atoms with Crippen LogP contribution in [-0.2, 0) is 5.75 Å². The normalized spacial score (nSPS) is 10.7. The van der Waals surface area contributed by atoms with Crippen LogP contribution in [0, 0.1) is 19.7 Å². The highest BCUT2D eigenvalue weighted by atomic mass is 32.2. The van der Waals surface area contributed by atoms with Gasteiger partial charge in [-0.2, -0.15) is 0 Å². The van der Waals surface area contributed by atoms with Crippen molar-refractivity contribution in [3.05, 3.63) is 46.6 Å². The standard InChI is InChI=1S/C13H12FNO3S/c1-7-8(2)18-13(15-7)19-6-9-5-10(14)3-4-11(9)12(16)17/h3-5H,6H2,1-2H3,(H,16,17). The van der Waals surface area contributed by atoms with E-state index in [2.05, 4.69) is 4.98 Å². The van der Waals surface area contributed by atoms with Crippen molar-refractivity contribution in [2.24, 2.45) is 0 Å². The van der Waals surface area contributed by atoms with Gasteiger partial charge in [-0.1, -0.05) is 11.8 Å². The van der Waals surface area contributed by atoms with Gasteiger partial charge < -0.3 is 9.52 Å². The van der Waals surface area contributed by atoms with Crippen molar-refractivity contribution >= 4 is 17.7 Å². The van der Waals surface area contributed by atoms with Crippen LogP contribution in [0.1, 0.15) is 27.4 Å². The molecule has 2 aromatic rings. The Balaban J connectivity index is 2.19. The minimum Gasteiger partial charge on any atom is -0.478 e. The second kappa shape index (κ2) is 5.44. The van der Waals surface area contributed by atoms with Crippen molar-refractivity contribution in [1.82, 2.24) is 4.98 Å². The molecule has 1 aromatic heterocycles. The third-order valence-electron chi connectivity index (χ3n) is 2.66. The highest BCUT2D eigenvalue weighted by Crippen LogP contribution is 2.26. The molecule has 1 N–H and O–H groups in total. The van der Waals surface area contributed by atoms with Crippen LogP contribution in [-0.4, -0.2) is 16.1 Å². The van der Waals surface area contributed by atoms with Gasteiger partial charge in [-0.3, -0.25) is 0 Å². The number of rotatable bonds is 4. The summed E-state index contributed by atoms with van der Waals surface area (Å²) in [6.07, 6.45) is 0. The molecule has 0 spiro atoms. The van der Waals surface area contributed by atoms with Crippen LogP contribution in [0.5, 0.6) is 0 Å². The summed E-state index contributed by atoms with van der Waals surface area (Å²) in [6.45, 7) is 3.63. The van der Waals surface area contributed by atoms with Gasteiger partial charge in [0.05, 0.1) is 11.3 Å². The number of carboxylic acid groups (broad SMARTS) is 1. The van der Waals surface area contributed by atoms with Crippen LogP contribution in [0.15, 0.2) is 27.8 Å². The van der Waals surface area contributed by atoms with Crippen LogP contribution in [0.25, 0.3) is 0 Å². The van der Waals surface area contributed by atoms with Gasteiger partial charge in [0.25, 0.3) is 5.22 Å². The molecule has 100 valence electrons. The molecule has 0 unspecified atom stereocenters. The zero-order valence-corrected chi connectivity index (χ0v) is 11.3. The zero-order chi connectivity index (χ0) is 14.0. The number of aryl methyl sites for hydroxylation is 2. The van der Waals surface area contributed by atoms with Crippen LogP contribution in [0.3, 0.4) is 0 Å². The lowest BCUT2D eigenvalue weighted by Crippen LogP contribution is -2.02. The number of hydrogen-bond acceptors (Lipinski definition) is 4. The molecule has 1 aromatic carbocycles. The molecular weight excluding hydrogens is 269 g/mol. The highest BCUT2D eigenvalue weighted by molar-refractivity contribution is 7.98. The number of nitrogens with zero attached hydrogens (tertiary/aromatic N) is 1. The second-order valence-corrected chi connectivity index (χ2v) is 4.94. The van der Waals surface area contributed by atoms with Crippen molar-refractivity contribution in [2.45, 2.75) is 24.8 Å². The lowest BCUT2D eigenvalue weighted by Gasteiger charge is -2.04. The fourth-order valence-corrected chi connectivity index (χ4v) is 2.44. The van der Waals surface area contributed by atoms with Crippen LogP contribution in [0.4, 0.5) is 4.39 Å². The van der Waals surface area contributed by atoms with Crippen LogP contribution >= 0.6 is 11.8 Å². The Hall–Kier alpha value is -1.82. The van der Waals surface area contributed by atoms with E-state index in [1.165, 1.54) is 23.9 Å². The summed E-state index contributed by atoms with van der Waals surface area (Å²) < 4.78 is 18.5. The van der Waals surface area contributed by atoms with E-state index in [0.717, 1.165) is 17.5 Å². The maximum absolute atomic E-state index is 13.2. The van der Waals surface area contributed by atoms with E-state index in [4.69, 9.17) is 9.52 Å². The number of benzene rings is 1. The molecular formula is C13H12FNO3S. The molecule has 4 nitrogen and oxygen atoms in total. The summed E-state index contributed by atoms with van der Waals surface area (Å²) in [5.41, 5.74) is 1.29. The van der Waals surface area contributed by atoms with E-state index >= 15 is 0 Å². The van der Waals surface area contributed by atoms with E-state index in [-0.39, 0.29) is 5.56 Å². The maximum atomic E-state index is 13.2. The number of aromatic carboxylic acids is 1. The van der Waals surface area contributed by atoms with E-state index in [9.17, 15) is 9.18 Å². The number of oxazole rings is 1. The molecule has 0 amide bonds. The van der Waals surface area contributed by atoms with E-state index in [1.54, 1.807) is 6.92 Å². The van der Waals surface area contributed by atoms with Crippen molar-refractivity contribution in [1.29, 1.82) is 0 Å². The van der Waals surface area contributed by atoms with Gasteiger partial charge in [-0.05, 0) is 37.6 Å². The van der Waals surface area contributed by atoms with Gasteiger partial charge in [0.1, 0.15) is 11.6 Å². The number of hydrogen-bond donors (Lipinski definition) is 1. The SMILES string of the molecule is Cc1nc(SCc2cc(F)ccc2C(=O)O)oc1C. The number of carbonyl (C=O) groups is 1. The zero-order valence-electron chi connectivity index (χ0n) is 10.4. The van der Waals surface area contributed by atoms with Crippen molar-refractivity contribution < 1.29 is 18.7 Å². The van der Waals surface area contributed by atoms with Gasteiger partial charge in [-0.15, -0.1) is 0 Å².